The molecule has 2 amide bonds. The molecule has 0 heterocycles. The molecule has 164 valence electrons. The number of halogens is 1. The summed E-state index contributed by atoms with van der Waals surface area (Å²) in [5.74, 6) is -0.212. The number of hydrogen-bond donors (Lipinski definition) is 2. The van der Waals surface area contributed by atoms with Gasteiger partial charge in [0.05, 0.1) is 5.56 Å². The van der Waals surface area contributed by atoms with E-state index < -0.39 is 0 Å². The Hall–Kier alpha value is -2.66. The van der Waals surface area contributed by atoms with Gasteiger partial charge in [-0.3, -0.25) is 9.59 Å². The summed E-state index contributed by atoms with van der Waals surface area (Å²) >= 11 is 3.58. The zero-order valence-electron chi connectivity index (χ0n) is 18.2. The van der Waals surface area contributed by atoms with Gasteiger partial charge < -0.3 is 11.1 Å². The number of primary amides is 1. The maximum absolute atomic E-state index is 13.8. The van der Waals surface area contributed by atoms with Crippen LogP contribution >= 0.6 is 15.9 Å². The quantitative estimate of drug-likeness (QED) is 0.478. The molecule has 0 aromatic heterocycles. The van der Waals surface area contributed by atoms with Crippen molar-refractivity contribution in [3.63, 3.8) is 0 Å². The standard InChI is InChI=1S/C27H27BrN2O2/c1-17-21(18-5-3-2-4-6-18)15-19-7-8-20(28)16-22(19)23(17)24(31)30-27-12-9-26(10-13-27,11-14-27)25(29)32/h2-8,15-16H,9-14H2,1H3,(H2,29,32)(H,30,31). The Morgan fingerprint density at radius 2 is 1.59 bits per heavy atom. The fourth-order valence-electron chi connectivity index (χ4n) is 5.73. The van der Waals surface area contributed by atoms with Gasteiger partial charge in [0.1, 0.15) is 0 Å². The van der Waals surface area contributed by atoms with Crippen LogP contribution < -0.4 is 11.1 Å². The molecule has 0 aliphatic heterocycles. The summed E-state index contributed by atoms with van der Waals surface area (Å²) in [5, 5.41) is 5.41. The van der Waals surface area contributed by atoms with Crippen molar-refractivity contribution in [1.29, 1.82) is 0 Å². The fourth-order valence-corrected chi connectivity index (χ4v) is 6.09. The summed E-state index contributed by atoms with van der Waals surface area (Å²) in [5.41, 5.74) is 8.98. The average Bonchev–Trinajstić information content (AvgIpc) is 2.80. The summed E-state index contributed by atoms with van der Waals surface area (Å²) < 4.78 is 0.950. The molecular weight excluding hydrogens is 464 g/mol. The number of benzene rings is 3. The molecule has 2 bridgehead atoms. The molecule has 6 rings (SSSR count). The van der Waals surface area contributed by atoms with Gasteiger partial charge in [0.25, 0.3) is 5.91 Å². The largest absolute Gasteiger partial charge is 0.369 e. The van der Waals surface area contributed by atoms with Gasteiger partial charge in [-0.15, -0.1) is 0 Å². The summed E-state index contributed by atoms with van der Waals surface area (Å²) in [4.78, 5) is 25.8. The number of hydrogen-bond acceptors (Lipinski definition) is 2. The highest BCUT2D eigenvalue weighted by molar-refractivity contribution is 9.10. The zero-order valence-corrected chi connectivity index (χ0v) is 19.8. The normalized spacial score (nSPS) is 24.4. The summed E-state index contributed by atoms with van der Waals surface area (Å²) in [7, 11) is 0. The highest BCUT2D eigenvalue weighted by Gasteiger charge is 2.52. The van der Waals surface area contributed by atoms with Crippen LogP contribution in [0.1, 0.15) is 54.4 Å². The number of amides is 2. The summed E-state index contributed by atoms with van der Waals surface area (Å²) in [6.07, 6.45) is 4.70. The van der Waals surface area contributed by atoms with Crippen LogP contribution in [0.25, 0.3) is 21.9 Å². The zero-order chi connectivity index (χ0) is 22.5. The van der Waals surface area contributed by atoms with Gasteiger partial charge in [0.2, 0.25) is 5.91 Å². The van der Waals surface area contributed by atoms with Crippen molar-refractivity contribution < 1.29 is 9.59 Å². The molecule has 3 aliphatic rings. The van der Waals surface area contributed by atoms with E-state index in [9.17, 15) is 9.59 Å². The minimum Gasteiger partial charge on any atom is -0.369 e. The van der Waals surface area contributed by atoms with Gasteiger partial charge in [0.15, 0.2) is 0 Å². The van der Waals surface area contributed by atoms with Gasteiger partial charge in [-0.1, -0.05) is 52.3 Å². The molecule has 0 spiro atoms. The molecule has 0 unspecified atom stereocenters. The molecule has 3 aromatic carbocycles. The molecule has 3 aliphatic carbocycles. The first-order valence-corrected chi connectivity index (χ1v) is 12.0. The van der Waals surface area contributed by atoms with Crippen LogP contribution in [0.15, 0.2) is 59.1 Å². The Morgan fingerprint density at radius 1 is 0.938 bits per heavy atom. The number of nitrogens with two attached hydrogens (primary N) is 1. The molecule has 3 N–H and O–H groups in total. The maximum atomic E-state index is 13.8. The van der Waals surface area contributed by atoms with Crippen molar-refractivity contribution >= 4 is 38.5 Å². The van der Waals surface area contributed by atoms with Crippen LogP contribution in [-0.4, -0.2) is 17.4 Å². The molecule has 4 nitrogen and oxygen atoms in total. The van der Waals surface area contributed by atoms with Crippen molar-refractivity contribution in [2.24, 2.45) is 11.1 Å². The first kappa shape index (κ1) is 21.2. The Labute approximate surface area is 196 Å². The van der Waals surface area contributed by atoms with E-state index in [0.717, 1.165) is 76.0 Å². The Morgan fingerprint density at radius 3 is 2.22 bits per heavy atom. The second kappa shape index (κ2) is 7.73. The van der Waals surface area contributed by atoms with E-state index in [-0.39, 0.29) is 22.8 Å². The second-order valence-electron chi connectivity index (χ2n) is 9.53. The molecule has 0 saturated heterocycles. The molecule has 0 atom stereocenters. The molecule has 3 aromatic rings. The van der Waals surface area contributed by atoms with Crippen molar-refractivity contribution in [1.82, 2.24) is 5.32 Å². The topological polar surface area (TPSA) is 72.2 Å². The Kier molecular flexibility index (Phi) is 5.12. The predicted octanol–water partition coefficient (Wildman–Crippen LogP) is 5.89. The minimum atomic E-state index is -0.368. The number of nitrogens with one attached hydrogen (secondary N) is 1. The lowest BCUT2D eigenvalue weighted by atomic mass is 9.57. The van der Waals surface area contributed by atoms with Gasteiger partial charge >= 0.3 is 0 Å². The molecule has 3 fully saturated rings. The monoisotopic (exact) mass is 490 g/mol. The van der Waals surface area contributed by atoms with E-state index in [4.69, 9.17) is 5.73 Å². The first-order valence-electron chi connectivity index (χ1n) is 11.2. The third-order valence-corrected chi connectivity index (χ3v) is 8.32. The van der Waals surface area contributed by atoms with Gasteiger partial charge in [-0.25, -0.2) is 0 Å². The van der Waals surface area contributed by atoms with Crippen molar-refractivity contribution in [3.8, 4) is 11.1 Å². The van der Waals surface area contributed by atoms with Crippen LogP contribution in [-0.2, 0) is 4.79 Å². The average molecular weight is 491 g/mol. The van der Waals surface area contributed by atoms with Crippen LogP contribution in [0.2, 0.25) is 0 Å². The smallest absolute Gasteiger partial charge is 0.252 e. The molecule has 5 heteroatoms. The van der Waals surface area contributed by atoms with Gasteiger partial charge in [0, 0.05) is 15.4 Å². The lowest BCUT2D eigenvalue weighted by Gasteiger charge is -2.52. The van der Waals surface area contributed by atoms with Crippen molar-refractivity contribution in [2.45, 2.75) is 51.0 Å². The number of carbonyl (C=O) groups excluding carboxylic acids is 2. The predicted molar refractivity (Wildman–Crippen MR) is 131 cm³/mol. The van der Waals surface area contributed by atoms with E-state index in [1.807, 2.05) is 37.3 Å². The number of rotatable bonds is 4. The van der Waals surface area contributed by atoms with E-state index >= 15 is 0 Å². The lowest BCUT2D eigenvalue weighted by molar-refractivity contribution is -0.134. The third kappa shape index (κ3) is 3.43. The highest BCUT2D eigenvalue weighted by Crippen LogP contribution is 2.52. The van der Waals surface area contributed by atoms with E-state index in [0.29, 0.717) is 0 Å². The number of carbonyl (C=O) groups is 2. The summed E-state index contributed by atoms with van der Waals surface area (Å²) in [6, 6.07) is 18.5. The van der Waals surface area contributed by atoms with E-state index in [1.54, 1.807) is 0 Å². The van der Waals surface area contributed by atoms with Gasteiger partial charge in [-0.2, -0.15) is 0 Å². The second-order valence-corrected chi connectivity index (χ2v) is 10.5. The minimum absolute atomic E-state index is 0.0307. The molecule has 3 saturated carbocycles. The van der Waals surface area contributed by atoms with Gasteiger partial charge in [-0.05, 0) is 91.1 Å². The van der Waals surface area contributed by atoms with Crippen LogP contribution in [0.5, 0.6) is 0 Å². The number of fused-ring (bicyclic) bond motifs is 4. The first-order chi connectivity index (χ1) is 15.3. The highest BCUT2D eigenvalue weighted by atomic mass is 79.9. The van der Waals surface area contributed by atoms with Crippen LogP contribution in [0.3, 0.4) is 0 Å². The molecule has 32 heavy (non-hydrogen) atoms. The Balaban J connectivity index is 1.56. The third-order valence-electron chi connectivity index (χ3n) is 7.82. The maximum Gasteiger partial charge on any atom is 0.252 e. The van der Waals surface area contributed by atoms with Crippen molar-refractivity contribution in [3.05, 3.63) is 70.2 Å². The van der Waals surface area contributed by atoms with Crippen molar-refractivity contribution in [2.75, 3.05) is 0 Å². The van der Waals surface area contributed by atoms with E-state index in [1.165, 1.54) is 0 Å². The van der Waals surface area contributed by atoms with Crippen LogP contribution in [0, 0.1) is 12.3 Å². The fraction of sp³-hybridized carbons (Fsp3) is 0.333. The van der Waals surface area contributed by atoms with E-state index in [2.05, 4.69) is 45.5 Å². The molecular formula is C27H27BrN2O2. The SMILES string of the molecule is Cc1c(-c2ccccc2)cc2ccc(Br)cc2c1C(=O)NC12CCC(C(N)=O)(CC1)CC2. The summed E-state index contributed by atoms with van der Waals surface area (Å²) in [6.45, 7) is 2.04. The Bertz CT molecular complexity index is 1210. The van der Waals surface area contributed by atoms with Crippen LogP contribution in [0.4, 0.5) is 0 Å². The molecule has 0 radical (unpaired) electrons. The lowest BCUT2D eigenvalue weighted by Crippen LogP contribution is -2.59.